The fraction of sp³-hybridized carbons (Fsp3) is 0.389. The molecule has 0 bridgehead atoms. The molecular formula is C18H22N4O2. The highest BCUT2D eigenvalue weighted by Crippen LogP contribution is 2.24. The second kappa shape index (κ2) is 7.29. The molecule has 0 saturated carbocycles. The Hall–Kier alpha value is -2.63. The van der Waals surface area contributed by atoms with Crippen LogP contribution in [-0.2, 0) is 4.79 Å². The van der Waals surface area contributed by atoms with Gasteiger partial charge in [0.05, 0.1) is 7.11 Å². The van der Waals surface area contributed by atoms with Crippen LogP contribution in [0.3, 0.4) is 0 Å². The zero-order valence-electron chi connectivity index (χ0n) is 14.1. The van der Waals surface area contributed by atoms with Gasteiger partial charge in [-0.15, -0.1) is 0 Å². The maximum Gasteiger partial charge on any atom is 0.229 e. The lowest BCUT2D eigenvalue weighted by atomic mass is 9.95. The lowest BCUT2D eigenvalue weighted by molar-refractivity contribution is -0.122. The minimum absolute atomic E-state index is 0.0389. The quantitative estimate of drug-likeness (QED) is 0.863. The summed E-state index contributed by atoms with van der Waals surface area (Å²) >= 11 is 0. The van der Waals surface area contributed by atoms with Gasteiger partial charge in [0, 0.05) is 44.0 Å². The van der Waals surface area contributed by atoms with Gasteiger partial charge in [-0.3, -0.25) is 4.79 Å². The molecule has 3 rings (SSSR count). The van der Waals surface area contributed by atoms with E-state index < -0.39 is 0 Å². The largest absolute Gasteiger partial charge is 0.481 e. The van der Waals surface area contributed by atoms with Crippen molar-refractivity contribution in [1.82, 2.24) is 9.97 Å². The molecule has 0 radical (unpaired) electrons. The number of anilines is 2. The number of carbonyl (C=O) groups excluding carboxylic acids is 1. The van der Waals surface area contributed by atoms with Crippen LogP contribution >= 0.6 is 0 Å². The summed E-state index contributed by atoms with van der Waals surface area (Å²) in [6.45, 7) is 1.54. The molecule has 0 atom stereocenters. The predicted molar refractivity (Wildman–Crippen MR) is 93.4 cm³/mol. The molecule has 1 amide bonds. The number of piperidine rings is 1. The number of ether oxygens (including phenoxy) is 1. The number of hydrogen-bond donors (Lipinski definition) is 0. The van der Waals surface area contributed by atoms with E-state index in [4.69, 9.17) is 4.74 Å². The van der Waals surface area contributed by atoms with Crippen LogP contribution in [0.1, 0.15) is 12.8 Å². The minimum Gasteiger partial charge on any atom is -0.481 e. The van der Waals surface area contributed by atoms with Gasteiger partial charge < -0.3 is 14.5 Å². The zero-order valence-corrected chi connectivity index (χ0v) is 14.1. The topological polar surface area (TPSA) is 58.6 Å². The van der Waals surface area contributed by atoms with E-state index >= 15 is 0 Å². The number of carbonyl (C=O) groups is 1. The van der Waals surface area contributed by atoms with Crippen molar-refractivity contribution >= 4 is 17.5 Å². The van der Waals surface area contributed by atoms with Crippen molar-refractivity contribution in [2.75, 3.05) is 37.0 Å². The molecule has 1 aromatic carbocycles. The molecule has 1 aromatic heterocycles. The van der Waals surface area contributed by atoms with E-state index in [1.165, 1.54) is 0 Å². The summed E-state index contributed by atoms with van der Waals surface area (Å²) in [5.41, 5.74) is 0.932. The van der Waals surface area contributed by atoms with Crippen LogP contribution in [0, 0.1) is 5.92 Å². The van der Waals surface area contributed by atoms with Gasteiger partial charge in [-0.1, -0.05) is 18.2 Å². The number of amides is 1. The second-order valence-corrected chi connectivity index (χ2v) is 5.89. The molecular weight excluding hydrogens is 304 g/mol. The Morgan fingerprint density at radius 2 is 1.92 bits per heavy atom. The van der Waals surface area contributed by atoms with Crippen molar-refractivity contribution in [2.24, 2.45) is 5.92 Å². The molecule has 1 saturated heterocycles. The van der Waals surface area contributed by atoms with Crippen molar-refractivity contribution in [2.45, 2.75) is 12.8 Å². The average Bonchev–Trinajstić information content (AvgIpc) is 2.67. The standard InChI is InChI=1S/C18H22N4O2/c1-21(15-6-4-3-5-7-15)17(23)14-9-12-22(13-10-14)18-19-11-8-16(20-18)24-2/h3-8,11,14H,9-10,12-13H2,1-2H3. The highest BCUT2D eigenvalue weighted by molar-refractivity contribution is 5.94. The number of nitrogens with zero attached hydrogens (tertiary/aromatic N) is 4. The van der Waals surface area contributed by atoms with Crippen molar-refractivity contribution < 1.29 is 9.53 Å². The summed E-state index contributed by atoms with van der Waals surface area (Å²) in [6.07, 6.45) is 3.30. The third kappa shape index (κ3) is 3.48. The number of rotatable bonds is 4. The number of aromatic nitrogens is 2. The van der Waals surface area contributed by atoms with Crippen molar-refractivity contribution in [3.05, 3.63) is 42.6 Å². The molecule has 126 valence electrons. The van der Waals surface area contributed by atoms with Gasteiger partial charge in [0.1, 0.15) is 0 Å². The second-order valence-electron chi connectivity index (χ2n) is 5.89. The summed E-state index contributed by atoms with van der Waals surface area (Å²) in [6, 6.07) is 11.5. The van der Waals surface area contributed by atoms with Crippen LogP contribution in [0.25, 0.3) is 0 Å². The highest BCUT2D eigenvalue weighted by Gasteiger charge is 2.28. The summed E-state index contributed by atoms with van der Waals surface area (Å²) < 4.78 is 5.15. The van der Waals surface area contributed by atoms with Gasteiger partial charge >= 0.3 is 0 Å². The molecule has 0 N–H and O–H groups in total. The molecule has 0 aliphatic carbocycles. The summed E-state index contributed by atoms with van der Waals surface area (Å²) in [4.78, 5) is 25.2. The van der Waals surface area contributed by atoms with Gasteiger partial charge in [-0.25, -0.2) is 4.98 Å². The van der Waals surface area contributed by atoms with E-state index in [0.717, 1.165) is 31.6 Å². The van der Waals surface area contributed by atoms with Crippen molar-refractivity contribution in [3.8, 4) is 5.88 Å². The first-order valence-electron chi connectivity index (χ1n) is 8.13. The molecule has 0 spiro atoms. The van der Waals surface area contributed by atoms with Gasteiger partial charge in [-0.05, 0) is 25.0 Å². The van der Waals surface area contributed by atoms with E-state index in [1.807, 2.05) is 37.4 Å². The molecule has 6 heteroatoms. The normalized spacial score (nSPS) is 15.2. The maximum absolute atomic E-state index is 12.7. The number of benzene rings is 1. The van der Waals surface area contributed by atoms with Gasteiger partial charge in [0.2, 0.25) is 17.7 Å². The summed E-state index contributed by atoms with van der Waals surface area (Å²) in [5, 5.41) is 0. The van der Waals surface area contributed by atoms with E-state index in [2.05, 4.69) is 14.9 Å². The molecule has 1 aliphatic heterocycles. The zero-order chi connectivity index (χ0) is 16.9. The Morgan fingerprint density at radius 1 is 1.21 bits per heavy atom. The van der Waals surface area contributed by atoms with Crippen LogP contribution in [-0.4, -0.2) is 43.1 Å². The number of para-hydroxylation sites is 1. The van der Waals surface area contributed by atoms with Crippen molar-refractivity contribution in [1.29, 1.82) is 0 Å². The molecule has 2 aromatic rings. The van der Waals surface area contributed by atoms with Crippen LogP contribution in [0.5, 0.6) is 5.88 Å². The number of hydrogen-bond acceptors (Lipinski definition) is 5. The van der Waals surface area contributed by atoms with Crippen LogP contribution in [0.15, 0.2) is 42.6 Å². The minimum atomic E-state index is 0.0389. The first kappa shape index (κ1) is 16.2. The SMILES string of the molecule is COc1ccnc(N2CCC(C(=O)N(C)c3ccccc3)CC2)n1. The van der Waals surface area contributed by atoms with Crippen LogP contribution < -0.4 is 14.5 Å². The molecule has 1 aliphatic rings. The van der Waals surface area contributed by atoms with Gasteiger partial charge in [0.15, 0.2) is 0 Å². The Labute approximate surface area is 142 Å². The highest BCUT2D eigenvalue weighted by atomic mass is 16.5. The Morgan fingerprint density at radius 3 is 2.58 bits per heavy atom. The van der Waals surface area contributed by atoms with Crippen LogP contribution in [0.4, 0.5) is 11.6 Å². The predicted octanol–water partition coefficient (Wildman–Crippen LogP) is 2.36. The first-order chi connectivity index (χ1) is 11.7. The van der Waals surface area contributed by atoms with Gasteiger partial charge in [-0.2, -0.15) is 4.98 Å². The molecule has 6 nitrogen and oxygen atoms in total. The van der Waals surface area contributed by atoms with E-state index in [0.29, 0.717) is 11.8 Å². The monoisotopic (exact) mass is 326 g/mol. The lowest BCUT2D eigenvalue weighted by Gasteiger charge is -2.33. The maximum atomic E-state index is 12.7. The third-order valence-electron chi connectivity index (χ3n) is 4.43. The van der Waals surface area contributed by atoms with E-state index in [1.54, 1.807) is 24.3 Å². The fourth-order valence-electron chi connectivity index (χ4n) is 2.98. The summed E-state index contributed by atoms with van der Waals surface area (Å²) in [5.74, 6) is 1.43. The molecule has 24 heavy (non-hydrogen) atoms. The Balaban J connectivity index is 1.61. The lowest BCUT2D eigenvalue weighted by Crippen LogP contribution is -2.41. The third-order valence-corrected chi connectivity index (χ3v) is 4.43. The Bertz CT molecular complexity index is 684. The van der Waals surface area contributed by atoms with Crippen molar-refractivity contribution in [3.63, 3.8) is 0 Å². The van der Waals surface area contributed by atoms with Gasteiger partial charge in [0.25, 0.3) is 0 Å². The molecule has 2 heterocycles. The van der Waals surface area contributed by atoms with E-state index in [9.17, 15) is 4.79 Å². The smallest absolute Gasteiger partial charge is 0.229 e. The molecule has 0 unspecified atom stereocenters. The van der Waals surface area contributed by atoms with Crippen LogP contribution in [0.2, 0.25) is 0 Å². The Kier molecular flexibility index (Phi) is 4.93. The average molecular weight is 326 g/mol. The summed E-state index contributed by atoms with van der Waals surface area (Å²) in [7, 11) is 3.44. The number of methoxy groups -OCH3 is 1. The fourth-order valence-corrected chi connectivity index (χ4v) is 2.98. The first-order valence-corrected chi connectivity index (χ1v) is 8.13. The van der Waals surface area contributed by atoms with E-state index in [-0.39, 0.29) is 11.8 Å². The molecule has 1 fully saturated rings.